The van der Waals surface area contributed by atoms with Gasteiger partial charge in [-0.1, -0.05) is 18.5 Å². The highest BCUT2D eigenvalue weighted by atomic mass is 35.5. The summed E-state index contributed by atoms with van der Waals surface area (Å²) < 4.78 is 4.33. The zero-order valence-corrected chi connectivity index (χ0v) is 6.73. The molecule has 0 aliphatic heterocycles. The molecule has 0 aromatic carbocycles. The molecular formula is C6H10ClNO2. The first-order chi connectivity index (χ1) is 4.63. The van der Waals surface area contributed by atoms with Gasteiger partial charge in [-0.2, -0.15) is 0 Å². The summed E-state index contributed by atoms with van der Waals surface area (Å²) in [5.74, 6) is -0.582. The van der Waals surface area contributed by atoms with Gasteiger partial charge in [-0.3, -0.25) is 0 Å². The number of esters is 1. The zero-order valence-electron chi connectivity index (χ0n) is 5.98. The van der Waals surface area contributed by atoms with Gasteiger partial charge in [0, 0.05) is 5.70 Å². The molecule has 0 aliphatic carbocycles. The fourth-order valence-electron chi connectivity index (χ4n) is 0.376. The average Bonchev–Trinajstić information content (AvgIpc) is 2.00. The van der Waals surface area contributed by atoms with Crippen LogP contribution in [0.4, 0.5) is 0 Å². The molecule has 0 spiro atoms. The largest absolute Gasteiger partial charge is 0.465 e. The standard InChI is InChI=1S/C6H10ClNO2/c1-3-4(8)5(7)6(9)10-2/h3,8H2,1-2H3. The van der Waals surface area contributed by atoms with E-state index >= 15 is 0 Å². The Labute approximate surface area is 64.8 Å². The van der Waals surface area contributed by atoms with E-state index in [0.29, 0.717) is 12.1 Å². The summed E-state index contributed by atoms with van der Waals surface area (Å²) in [6, 6.07) is 0. The van der Waals surface area contributed by atoms with E-state index in [1.165, 1.54) is 7.11 Å². The number of hydrogen-bond donors (Lipinski definition) is 1. The predicted octanol–water partition coefficient (Wildman–Crippen LogP) is 0.979. The van der Waals surface area contributed by atoms with Crippen molar-refractivity contribution in [2.24, 2.45) is 5.73 Å². The Balaban J connectivity index is 4.30. The third-order valence-electron chi connectivity index (χ3n) is 1.03. The second-order valence-electron chi connectivity index (χ2n) is 1.68. The topological polar surface area (TPSA) is 52.3 Å². The number of methoxy groups -OCH3 is 1. The molecule has 0 bridgehead atoms. The first kappa shape index (κ1) is 9.30. The van der Waals surface area contributed by atoms with E-state index in [1.54, 1.807) is 6.92 Å². The van der Waals surface area contributed by atoms with Gasteiger partial charge >= 0.3 is 5.97 Å². The number of allylic oxidation sites excluding steroid dienone is 1. The normalized spacial score (nSPS) is 12.3. The van der Waals surface area contributed by atoms with Gasteiger partial charge in [0.05, 0.1) is 7.11 Å². The molecule has 10 heavy (non-hydrogen) atoms. The van der Waals surface area contributed by atoms with Crippen LogP contribution in [0.1, 0.15) is 13.3 Å². The van der Waals surface area contributed by atoms with Crippen LogP contribution in [0, 0.1) is 0 Å². The highest BCUT2D eigenvalue weighted by Crippen LogP contribution is 2.08. The molecule has 0 unspecified atom stereocenters. The highest BCUT2D eigenvalue weighted by Gasteiger charge is 2.08. The van der Waals surface area contributed by atoms with Crippen molar-refractivity contribution < 1.29 is 9.53 Å². The van der Waals surface area contributed by atoms with Crippen molar-refractivity contribution in [2.45, 2.75) is 13.3 Å². The van der Waals surface area contributed by atoms with E-state index in [2.05, 4.69) is 4.74 Å². The van der Waals surface area contributed by atoms with Crippen LogP contribution in [0.2, 0.25) is 0 Å². The second kappa shape index (κ2) is 4.17. The van der Waals surface area contributed by atoms with Crippen LogP contribution in [0.5, 0.6) is 0 Å². The maximum absolute atomic E-state index is 10.6. The average molecular weight is 164 g/mol. The summed E-state index contributed by atoms with van der Waals surface area (Å²) in [6.07, 6.45) is 0.550. The van der Waals surface area contributed by atoms with Gasteiger partial charge in [-0.25, -0.2) is 4.79 Å². The molecule has 0 radical (unpaired) electrons. The molecule has 4 heteroatoms. The van der Waals surface area contributed by atoms with Gasteiger partial charge in [0.2, 0.25) is 0 Å². The van der Waals surface area contributed by atoms with E-state index in [0.717, 1.165) is 0 Å². The van der Waals surface area contributed by atoms with Gasteiger partial charge in [-0.05, 0) is 6.42 Å². The van der Waals surface area contributed by atoms with Crippen molar-refractivity contribution >= 4 is 17.6 Å². The van der Waals surface area contributed by atoms with Crippen LogP contribution >= 0.6 is 11.6 Å². The summed E-state index contributed by atoms with van der Waals surface area (Å²) in [4.78, 5) is 10.6. The maximum atomic E-state index is 10.6. The predicted molar refractivity (Wildman–Crippen MR) is 39.4 cm³/mol. The lowest BCUT2D eigenvalue weighted by Crippen LogP contribution is -2.07. The minimum Gasteiger partial charge on any atom is -0.465 e. The van der Waals surface area contributed by atoms with Crippen LogP contribution in [0.15, 0.2) is 10.7 Å². The van der Waals surface area contributed by atoms with Gasteiger partial charge in [0.15, 0.2) is 0 Å². The van der Waals surface area contributed by atoms with Crippen molar-refractivity contribution in [1.82, 2.24) is 0 Å². The minimum absolute atomic E-state index is 0.0231. The first-order valence-corrected chi connectivity index (χ1v) is 3.23. The molecule has 0 fully saturated rings. The molecule has 0 heterocycles. The molecule has 0 atom stereocenters. The third-order valence-corrected chi connectivity index (χ3v) is 1.42. The number of hydrogen-bond acceptors (Lipinski definition) is 3. The summed E-state index contributed by atoms with van der Waals surface area (Å²) in [6.45, 7) is 1.81. The zero-order chi connectivity index (χ0) is 8.15. The quantitative estimate of drug-likeness (QED) is 0.488. The van der Waals surface area contributed by atoms with Crippen LogP contribution in [-0.2, 0) is 9.53 Å². The summed E-state index contributed by atoms with van der Waals surface area (Å²) in [5.41, 5.74) is 5.69. The Morgan fingerprint density at radius 3 is 2.50 bits per heavy atom. The van der Waals surface area contributed by atoms with Crippen molar-refractivity contribution in [1.29, 1.82) is 0 Å². The fourth-order valence-corrected chi connectivity index (χ4v) is 0.587. The summed E-state index contributed by atoms with van der Waals surface area (Å²) in [5, 5.41) is -0.0231. The van der Waals surface area contributed by atoms with Crippen LogP contribution in [0.25, 0.3) is 0 Å². The molecule has 0 aromatic heterocycles. The van der Waals surface area contributed by atoms with Crippen molar-refractivity contribution in [3.05, 3.63) is 10.7 Å². The number of carbonyl (C=O) groups is 1. The van der Waals surface area contributed by atoms with E-state index in [-0.39, 0.29) is 5.03 Å². The molecule has 0 saturated carbocycles. The maximum Gasteiger partial charge on any atom is 0.351 e. The number of ether oxygens (including phenoxy) is 1. The number of halogens is 1. The van der Waals surface area contributed by atoms with Crippen LogP contribution in [0.3, 0.4) is 0 Å². The van der Waals surface area contributed by atoms with Crippen molar-refractivity contribution in [2.75, 3.05) is 7.11 Å². The number of rotatable bonds is 2. The molecule has 0 rings (SSSR count). The van der Waals surface area contributed by atoms with Crippen molar-refractivity contribution in [3.63, 3.8) is 0 Å². The Hall–Kier alpha value is -0.700. The summed E-state index contributed by atoms with van der Waals surface area (Å²) >= 11 is 5.46. The van der Waals surface area contributed by atoms with E-state index in [1.807, 2.05) is 0 Å². The third kappa shape index (κ3) is 2.27. The van der Waals surface area contributed by atoms with Gasteiger partial charge in [0.1, 0.15) is 5.03 Å². The van der Waals surface area contributed by atoms with Gasteiger partial charge in [-0.15, -0.1) is 0 Å². The lowest BCUT2D eigenvalue weighted by molar-refractivity contribution is -0.135. The van der Waals surface area contributed by atoms with E-state index in [9.17, 15) is 4.79 Å². The Morgan fingerprint density at radius 2 is 2.20 bits per heavy atom. The van der Waals surface area contributed by atoms with Gasteiger partial charge < -0.3 is 10.5 Å². The lowest BCUT2D eigenvalue weighted by Gasteiger charge is -1.99. The van der Waals surface area contributed by atoms with Crippen LogP contribution < -0.4 is 5.73 Å². The monoisotopic (exact) mass is 163 g/mol. The van der Waals surface area contributed by atoms with Crippen molar-refractivity contribution in [3.8, 4) is 0 Å². The van der Waals surface area contributed by atoms with Gasteiger partial charge in [0.25, 0.3) is 0 Å². The lowest BCUT2D eigenvalue weighted by atomic mass is 10.3. The van der Waals surface area contributed by atoms with Crippen LogP contribution in [-0.4, -0.2) is 13.1 Å². The van der Waals surface area contributed by atoms with E-state index in [4.69, 9.17) is 17.3 Å². The SMILES string of the molecule is CCC(N)=C(Cl)C(=O)OC. The Bertz CT molecular complexity index is 165. The highest BCUT2D eigenvalue weighted by molar-refractivity contribution is 6.41. The Morgan fingerprint density at radius 1 is 1.70 bits per heavy atom. The molecule has 2 N–H and O–H groups in total. The molecule has 0 amide bonds. The smallest absolute Gasteiger partial charge is 0.351 e. The molecule has 0 aromatic rings. The molecule has 3 nitrogen and oxygen atoms in total. The number of carbonyl (C=O) groups excluding carboxylic acids is 1. The molecular weight excluding hydrogens is 154 g/mol. The first-order valence-electron chi connectivity index (χ1n) is 2.85. The Kier molecular flexibility index (Phi) is 3.88. The fraction of sp³-hybridized carbons (Fsp3) is 0.500. The molecule has 0 aliphatic rings. The minimum atomic E-state index is -0.582. The molecule has 0 saturated heterocycles. The molecule has 58 valence electrons. The number of nitrogens with two attached hydrogens (primary N) is 1. The van der Waals surface area contributed by atoms with E-state index < -0.39 is 5.97 Å². The summed E-state index contributed by atoms with van der Waals surface area (Å²) in [7, 11) is 1.26. The second-order valence-corrected chi connectivity index (χ2v) is 2.06.